The van der Waals surface area contributed by atoms with Crippen LogP contribution < -0.4 is 5.32 Å². The van der Waals surface area contributed by atoms with Gasteiger partial charge in [0.15, 0.2) is 0 Å². The average molecular weight is 400 g/mol. The second kappa shape index (κ2) is 9.71. The van der Waals surface area contributed by atoms with E-state index in [1.54, 1.807) is 12.1 Å². The molecule has 0 saturated carbocycles. The first-order chi connectivity index (χ1) is 13.5. The van der Waals surface area contributed by atoms with Crippen molar-refractivity contribution in [2.24, 2.45) is 0 Å². The summed E-state index contributed by atoms with van der Waals surface area (Å²) >= 11 is 6.00. The maximum absolute atomic E-state index is 12.9. The van der Waals surface area contributed by atoms with Gasteiger partial charge in [0.05, 0.1) is 12.5 Å². The summed E-state index contributed by atoms with van der Waals surface area (Å²) in [7, 11) is 2.05. The van der Waals surface area contributed by atoms with E-state index in [0.29, 0.717) is 24.5 Å². The number of likely N-dealkylation sites (N-methyl/N-ethyl adjacent to an activating group) is 1. The molecule has 28 heavy (non-hydrogen) atoms. The van der Waals surface area contributed by atoms with Gasteiger partial charge in [-0.15, -0.1) is 0 Å². The number of nitrogens with one attached hydrogen (secondary N) is 1. The van der Waals surface area contributed by atoms with Crippen LogP contribution in [0.3, 0.4) is 0 Å². The SMILES string of the molecule is CN1CCN(C(=O)CNC(=O)C(Cc2ccccc2)c2ccc(Cl)cc2)CC1. The third-order valence-electron chi connectivity index (χ3n) is 5.14. The molecule has 1 unspecified atom stereocenters. The van der Waals surface area contributed by atoms with Crippen molar-refractivity contribution in [3.8, 4) is 0 Å². The zero-order valence-electron chi connectivity index (χ0n) is 16.1. The molecular weight excluding hydrogens is 374 g/mol. The number of benzene rings is 2. The Balaban J connectivity index is 1.66. The quantitative estimate of drug-likeness (QED) is 0.812. The second-order valence-electron chi connectivity index (χ2n) is 7.20. The van der Waals surface area contributed by atoms with Crippen molar-refractivity contribution < 1.29 is 9.59 Å². The van der Waals surface area contributed by atoms with Gasteiger partial charge in [0, 0.05) is 31.2 Å². The molecule has 2 aromatic rings. The second-order valence-corrected chi connectivity index (χ2v) is 7.63. The number of nitrogens with zero attached hydrogens (tertiary/aromatic N) is 2. The maximum atomic E-state index is 12.9. The van der Waals surface area contributed by atoms with Crippen LogP contribution in [0.1, 0.15) is 17.0 Å². The van der Waals surface area contributed by atoms with Crippen LogP contribution >= 0.6 is 11.6 Å². The number of amides is 2. The predicted molar refractivity (Wildman–Crippen MR) is 111 cm³/mol. The summed E-state index contributed by atoms with van der Waals surface area (Å²) in [5, 5.41) is 3.48. The first-order valence-electron chi connectivity index (χ1n) is 9.56. The Morgan fingerprint density at radius 2 is 1.64 bits per heavy atom. The predicted octanol–water partition coefficient (Wildman–Crippen LogP) is 2.56. The van der Waals surface area contributed by atoms with Crippen LogP contribution in [0, 0.1) is 0 Å². The normalized spacial score (nSPS) is 15.9. The lowest BCUT2D eigenvalue weighted by molar-refractivity contribution is -0.134. The van der Waals surface area contributed by atoms with E-state index in [1.165, 1.54) is 0 Å². The highest BCUT2D eigenvalue weighted by molar-refractivity contribution is 6.30. The third-order valence-corrected chi connectivity index (χ3v) is 5.39. The Labute approximate surface area is 171 Å². The van der Waals surface area contributed by atoms with E-state index in [0.717, 1.165) is 24.2 Å². The van der Waals surface area contributed by atoms with Gasteiger partial charge in [-0.05, 0) is 36.7 Å². The number of piperazine rings is 1. The molecule has 1 fully saturated rings. The highest BCUT2D eigenvalue weighted by Gasteiger charge is 2.24. The number of halogens is 1. The van der Waals surface area contributed by atoms with E-state index in [2.05, 4.69) is 10.2 Å². The number of hydrogen-bond acceptors (Lipinski definition) is 3. The minimum absolute atomic E-state index is 0.0292. The van der Waals surface area contributed by atoms with E-state index < -0.39 is 0 Å². The van der Waals surface area contributed by atoms with Crippen molar-refractivity contribution in [2.75, 3.05) is 39.8 Å². The standard InChI is InChI=1S/C22H26ClN3O2/c1-25-11-13-26(14-12-25)21(27)16-24-22(28)20(15-17-5-3-2-4-6-17)18-7-9-19(23)10-8-18/h2-10,20H,11-16H2,1H3,(H,24,28). The molecule has 3 rings (SSSR count). The Morgan fingerprint density at radius 3 is 2.29 bits per heavy atom. The Morgan fingerprint density at radius 1 is 1.00 bits per heavy atom. The fourth-order valence-corrected chi connectivity index (χ4v) is 3.49. The molecule has 6 heteroatoms. The first kappa shape index (κ1) is 20.4. The molecule has 0 radical (unpaired) electrons. The summed E-state index contributed by atoms with van der Waals surface area (Å²) in [5.74, 6) is -0.551. The van der Waals surface area contributed by atoms with Gasteiger partial charge in [0.25, 0.3) is 0 Å². The lowest BCUT2D eigenvalue weighted by atomic mass is 9.91. The smallest absolute Gasteiger partial charge is 0.242 e. The van der Waals surface area contributed by atoms with Crippen molar-refractivity contribution in [1.82, 2.24) is 15.1 Å². The van der Waals surface area contributed by atoms with Gasteiger partial charge in [-0.1, -0.05) is 54.1 Å². The van der Waals surface area contributed by atoms with E-state index in [9.17, 15) is 9.59 Å². The lowest BCUT2D eigenvalue weighted by Crippen LogP contribution is -2.50. The lowest BCUT2D eigenvalue weighted by Gasteiger charge is -2.32. The number of rotatable bonds is 6. The number of hydrogen-bond donors (Lipinski definition) is 1. The van der Waals surface area contributed by atoms with Gasteiger partial charge < -0.3 is 15.1 Å². The van der Waals surface area contributed by atoms with Crippen LogP contribution in [0.4, 0.5) is 0 Å². The van der Waals surface area contributed by atoms with Crippen LogP contribution in [0.2, 0.25) is 5.02 Å². The summed E-state index contributed by atoms with van der Waals surface area (Å²) < 4.78 is 0. The van der Waals surface area contributed by atoms with E-state index in [1.807, 2.05) is 54.4 Å². The molecule has 1 heterocycles. The minimum Gasteiger partial charge on any atom is -0.346 e. The summed E-state index contributed by atoms with van der Waals surface area (Å²) in [6.45, 7) is 3.16. The summed E-state index contributed by atoms with van der Waals surface area (Å²) in [5.41, 5.74) is 1.96. The molecule has 2 aromatic carbocycles. The molecule has 148 valence electrons. The molecule has 2 amide bonds. The van der Waals surface area contributed by atoms with Gasteiger partial charge in [-0.3, -0.25) is 9.59 Å². The summed E-state index contributed by atoms with van der Waals surface area (Å²) in [4.78, 5) is 29.4. The van der Waals surface area contributed by atoms with Crippen molar-refractivity contribution in [2.45, 2.75) is 12.3 Å². The van der Waals surface area contributed by atoms with Crippen LogP contribution in [-0.2, 0) is 16.0 Å². The Bertz CT molecular complexity index is 787. The molecule has 1 saturated heterocycles. The molecule has 0 bridgehead atoms. The van der Waals surface area contributed by atoms with Crippen LogP contribution in [0.5, 0.6) is 0 Å². The molecule has 1 N–H and O–H groups in total. The molecule has 1 aliphatic rings. The fourth-order valence-electron chi connectivity index (χ4n) is 3.36. The van der Waals surface area contributed by atoms with Crippen LogP contribution in [0.25, 0.3) is 0 Å². The average Bonchev–Trinajstić information content (AvgIpc) is 2.72. The van der Waals surface area contributed by atoms with Crippen molar-refractivity contribution in [1.29, 1.82) is 0 Å². The Kier molecular flexibility index (Phi) is 7.06. The molecule has 1 aliphatic heterocycles. The minimum atomic E-state index is -0.375. The van der Waals surface area contributed by atoms with Crippen LogP contribution in [0.15, 0.2) is 54.6 Å². The zero-order valence-corrected chi connectivity index (χ0v) is 16.9. The molecular formula is C22H26ClN3O2. The summed E-state index contributed by atoms with van der Waals surface area (Å²) in [6.07, 6.45) is 0.566. The van der Waals surface area contributed by atoms with Gasteiger partial charge in [-0.25, -0.2) is 0 Å². The third kappa shape index (κ3) is 5.57. The van der Waals surface area contributed by atoms with Crippen LogP contribution in [-0.4, -0.2) is 61.4 Å². The monoisotopic (exact) mass is 399 g/mol. The first-order valence-corrected chi connectivity index (χ1v) is 9.94. The zero-order chi connectivity index (χ0) is 19.9. The number of carbonyl (C=O) groups excluding carboxylic acids is 2. The molecule has 1 atom stereocenters. The highest BCUT2D eigenvalue weighted by Crippen LogP contribution is 2.23. The Hall–Kier alpha value is -2.37. The van der Waals surface area contributed by atoms with Gasteiger partial charge >= 0.3 is 0 Å². The summed E-state index contributed by atoms with van der Waals surface area (Å²) in [6, 6.07) is 17.2. The molecule has 0 aromatic heterocycles. The molecule has 5 nitrogen and oxygen atoms in total. The van der Waals surface area contributed by atoms with Gasteiger partial charge in [-0.2, -0.15) is 0 Å². The van der Waals surface area contributed by atoms with E-state index in [-0.39, 0.29) is 24.3 Å². The van der Waals surface area contributed by atoms with Crippen molar-refractivity contribution in [3.05, 3.63) is 70.7 Å². The highest BCUT2D eigenvalue weighted by atomic mass is 35.5. The van der Waals surface area contributed by atoms with E-state index in [4.69, 9.17) is 11.6 Å². The van der Waals surface area contributed by atoms with Crippen molar-refractivity contribution in [3.63, 3.8) is 0 Å². The topological polar surface area (TPSA) is 52.6 Å². The van der Waals surface area contributed by atoms with Crippen molar-refractivity contribution >= 4 is 23.4 Å². The largest absolute Gasteiger partial charge is 0.346 e. The number of carbonyl (C=O) groups is 2. The van der Waals surface area contributed by atoms with Gasteiger partial charge in [0.2, 0.25) is 11.8 Å². The fraction of sp³-hybridized carbons (Fsp3) is 0.364. The molecule has 0 spiro atoms. The van der Waals surface area contributed by atoms with E-state index >= 15 is 0 Å². The maximum Gasteiger partial charge on any atom is 0.242 e. The molecule has 0 aliphatic carbocycles. The van der Waals surface area contributed by atoms with Gasteiger partial charge in [0.1, 0.15) is 0 Å².